The Balaban J connectivity index is 1.48. The number of thiazole rings is 1. The molecule has 9 nitrogen and oxygen atoms in total. The first-order valence-corrected chi connectivity index (χ1v) is 10.5. The fourth-order valence-corrected chi connectivity index (χ4v) is 4.04. The Bertz CT molecular complexity index is 1300. The molecule has 1 fully saturated rings. The van der Waals surface area contributed by atoms with E-state index in [1.54, 1.807) is 6.07 Å². The van der Waals surface area contributed by atoms with E-state index in [1.807, 2.05) is 0 Å². The lowest BCUT2D eigenvalue weighted by molar-refractivity contribution is -0.121. The van der Waals surface area contributed by atoms with Crippen molar-refractivity contribution in [3.63, 3.8) is 0 Å². The number of hydrogen-bond donors (Lipinski definition) is 2. The Morgan fingerprint density at radius 2 is 2.15 bits per heavy atom. The van der Waals surface area contributed by atoms with Gasteiger partial charge in [0, 0.05) is 23.6 Å². The van der Waals surface area contributed by atoms with Gasteiger partial charge in [-0.05, 0) is 25.0 Å². The molecule has 0 unspecified atom stereocenters. The summed E-state index contributed by atoms with van der Waals surface area (Å²) in [5.74, 6) is -0.784. The fraction of sp³-hybridized carbons (Fsp3) is 0.300. The highest BCUT2D eigenvalue weighted by molar-refractivity contribution is 7.18. The monoisotopic (exact) mass is 475 g/mol. The molecule has 1 amide bonds. The molecular weight excluding hydrogens is 459 g/mol. The lowest BCUT2D eigenvalue weighted by Gasteiger charge is -2.06. The molecule has 1 aromatic carbocycles. The molecule has 0 aliphatic heterocycles. The Morgan fingerprint density at radius 3 is 2.82 bits per heavy atom. The van der Waals surface area contributed by atoms with Crippen molar-refractivity contribution in [1.82, 2.24) is 20.5 Å². The van der Waals surface area contributed by atoms with E-state index < -0.39 is 23.8 Å². The number of nitrogens with one attached hydrogen (secondary N) is 1. The summed E-state index contributed by atoms with van der Waals surface area (Å²) in [6.45, 7) is -2.94. The van der Waals surface area contributed by atoms with E-state index >= 15 is 4.39 Å². The van der Waals surface area contributed by atoms with Crippen molar-refractivity contribution in [2.75, 3.05) is 0 Å². The van der Waals surface area contributed by atoms with E-state index in [0.29, 0.717) is 23.4 Å². The number of halogens is 3. The maximum atomic E-state index is 15.0. The van der Waals surface area contributed by atoms with Gasteiger partial charge in [-0.3, -0.25) is 4.79 Å². The number of carbonyl (C=O) groups is 1. The van der Waals surface area contributed by atoms with Crippen LogP contribution in [0.3, 0.4) is 0 Å². The van der Waals surface area contributed by atoms with Crippen LogP contribution in [0.4, 0.5) is 13.2 Å². The third-order valence-corrected chi connectivity index (χ3v) is 5.89. The van der Waals surface area contributed by atoms with Gasteiger partial charge in [0.15, 0.2) is 5.82 Å². The van der Waals surface area contributed by atoms with Gasteiger partial charge in [0.1, 0.15) is 17.0 Å². The first-order valence-electron chi connectivity index (χ1n) is 9.67. The summed E-state index contributed by atoms with van der Waals surface area (Å²) in [7, 11) is 0. The van der Waals surface area contributed by atoms with Crippen molar-refractivity contribution in [2.24, 2.45) is 10.7 Å². The number of carbonyl (C=O) groups excluding carboxylic acids is 1. The first-order chi connectivity index (χ1) is 15.8. The highest BCUT2D eigenvalue weighted by atomic mass is 32.1. The number of aromatic nitrogens is 3. The van der Waals surface area contributed by atoms with Gasteiger partial charge in [-0.1, -0.05) is 0 Å². The molecule has 2 heterocycles. The van der Waals surface area contributed by atoms with Crippen LogP contribution in [0, 0.1) is 17.1 Å². The molecule has 13 heteroatoms. The van der Waals surface area contributed by atoms with Crippen molar-refractivity contribution >= 4 is 39.2 Å². The number of fused-ring (bicyclic) bond motifs is 1. The second kappa shape index (κ2) is 8.99. The van der Waals surface area contributed by atoms with E-state index in [1.165, 1.54) is 6.07 Å². The third kappa shape index (κ3) is 5.01. The highest BCUT2D eigenvalue weighted by Gasteiger charge is 2.44. The van der Waals surface area contributed by atoms with Crippen molar-refractivity contribution in [1.29, 1.82) is 5.26 Å². The van der Waals surface area contributed by atoms with E-state index in [0.717, 1.165) is 23.8 Å². The predicted octanol–water partition coefficient (Wildman–Crippen LogP) is 2.72. The van der Waals surface area contributed by atoms with Crippen LogP contribution in [-0.2, 0) is 17.6 Å². The number of aliphatic imine (C=N–C) groups is 1. The minimum atomic E-state index is -2.94. The number of allylic oxidation sites excluding steroid dienone is 1. The molecule has 2 aromatic heterocycles. The zero-order valence-electron chi connectivity index (χ0n) is 16.9. The minimum absolute atomic E-state index is 0.00819. The van der Waals surface area contributed by atoms with Gasteiger partial charge in [-0.2, -0.15) is 14.0 Å². The largest absolute Gasteiger partial charge is 0.424 e. The van der Waals surface area contributed by atoms with E-state index in [4.69, 9.17) is 15.4 Å². The summed E-state index contributed by atoms with van der Waals surface area (Å²) in [5.41, 5.74) is 5.05. The molecule has 1 saturated carbocycles. The van der Waals surface area contributed by atoms with Gasteiger partial charge in [0.05, 0.1) is 22.7 Å². The maximum absolute atomic E-state index is 15.0. The zero-order valence-corrected chi connectivity index (χ0v) is 17.7. The zero-order chi connectivity index (χ0) is 23.6. The Labute approximate surface area is 188 Å². The number of nitrogens with two attached hydrogens (primary N) is 1. The molecule has 0 saturated heterocycles. The normalized spacial score (nSPS) is 15.3. The standard InChI is InChI=1S/C20H16F3N7O2S/c21-17-11(10(7-24)8-26-19(22)23)1-2-12-18(17)33-16(27-12)6-15-30-29-14(32-15)5-13(31)28-20(9-25)3-4-20/h1-2,7-8,19H,3-6,24H2,(H,28,31). The summed E-state index contributed by atoms with van der Waals surface area (Å²) >= 11 is 1.04. The molecule has 33 heavy (non-hydrogen) atoms. The van der Waals surface area contributed by atoms with Gasteiger partial charge < -0.3 is 15.5 Å². The van der Waals surface area contributed by atoms with E-state index in [-0.39, 0.29) is 40.5 Å². The molecule has 3 aromatic rings. The number of rotatable bonds is 8. The second-order valence-corrected chi connectivity index (χ2v) is 8.33. The lowest BCUT2D eigenvalue weighted by atomic mass is 10.1. The van der Waals surface area contributed by atoms with Crippen LogP contribution >= 0.6 is 11.3 Å². The molecule has 0 atom stereocenters. The molecule has 170 valence electrons. The van der Waals surface area contributed by atoms with E-state index in [2.05, 4.69) is 31.6 Å². The molecule has 4 rings (SSSR count). The molecule has 0 radical (unpaired) electrons. The van der Waals surface area contributed by atoms with Crippen LogP contribution < -0.4 is 11.1 Å². The molecular formula is C20H16F3N7O2S. The van der Waals surface area contributed by atoms with Gasteiger partial charge in [0.2, 0.25) is 17.7 Å². The van der Waals surface area contributed by atoms with Gasteiger partial charge in [-0.15, -0.1) is 21.5 Å². The summed E-state index contributed by atoms with van der Waals surface area (Å²) in [4.78, 5) is 19.3. The second-order valence-electron chi connectivity index (χ2n) is 7.25. The number of nitriles is 1. The minimum Gasteiger partial charge on any atom is -0.424 e. The molecule has 0 spiro atoms. The molecule has 1 aliphatic rings. The highest BCUT2D eigenvalue weighted by Crippen LogP contribution is 2.34. The van der Waals surface area contributed by atoms with Crippen LogP contribution in [0.5, 0.6) is 0 Å². The van der Waals surface area contributed by atoms with Crippen molar-refractivity contribution in [3.05, 3.63) is 46.5 Å². The fourth-order valence-electron chi connectivity index (χ4n) is 3.04. The average Bonchev–Trinajstić information content (AvgIpc) is 3.20. The number of alkyl halides is 2. The SMILES string of the molecule is N#CC1(NC(=O)Cc2nnc(Cc3nc4ccc(C(C=NC(F)F)=CN)c(F)c4s3)o2)CC1. The van der Waals surface area contributed by atoms with E-state index in [9.17, 15) is 13.6 Å². The smallest absolute Gasteiger partial charge is 0.331 e. The Hall–Kier alpha value is -3.79. The van der Waals surface area contributed by atoms with Crippen molar-refractivity contribution in [2.45, 2.75) is 37.8 Å². The van der Waals surface area contributed by atoms with Crippen molar-refractivity contribution < 1.29 is 22.4 Å². The number of amides is 1. The molecule has 1 aliphatic carbocycles. The number of nitrogens with zero attached hydrogens (tertiary/aromatic N) is 5. The summed E-state index contributed by atoms with van der Waals surface area (Å²) in [6.07, 6.45) is 2.98. The lowest BCUT2D eigenvalue weighted by Crippen LogP contribution is -2.36. The van der Waals surface area contributed by atoms with Gasteiger partial charge in [0.25, 0.3) is 0 Å². The predicted molar refractivity (Wildman–Crippen MR) is 113 cm³/mol. The van der Waals surface area contributed by atoms with Gasteiger partial charge >= 0.3 is 6.55 Å². The Kier molecular flexibility index (Phi) is 6.10. The average molecular weight is 475 g/mol. The summed E-state index contributed by atoms with van der Waals surface area (Å²) in [5, 5.41) is 19.9. The third-order valence-electron chi connectivity index (χ3n) is 4.82. The molecule has 3 N–H and O–H groups in total. The van der Waals surface area contributed by atoms with Crippen LogP contribution in [0.2, 0.25) is 0 Å². The van der Waals surface area contributed by atoms with Crippen LogP contribution in [0.1, 0.15) is 35.2 Å². The Morgan fingerprint density at radius 1 is 1.39 bits per heavy atom. The van der Waals surface area contributed by atoms with Crippen LogP contribution in [-0.4, -0.2) is 39.4 Å². The number of benzene rings is 1. The maximum Gasteiger partial charge on any atom is 0.331 e. The van der Waals surface area contributed by atoms with Crippen molar-refractivity contribution in [3.8, 4) is 6.07 Å². The summed E-state index contributed by atoms with van der Waals surface area (Å²) in [6, 6.07) is 4.99. The van der Waals surface area contributed by atoms with Crippen LogP contribution in [0.25, 0.3) is 15.8 Å². The summed E-state index contributed by atoms with van der Waals surface area (Å²) < 4.78 is 45.4. The van der Waals surface area contributed by atoms with Gasteiger partial charge in [-0.25, -0.2) is 14.4 Å². The van der Waals surface area contributed by atoms with Crippen LogP contribution in [0.15, 0.2) is 27.7 Å². The molecule has 0 bridgehead atoms. The topological polar surface area (TPSA) is 143 Å². The number of hydrogen-bond acceptors (Lipinski definition) is 9. The first kappa shape index (κ1) is 22.4. The quantitative estimate of drug-likeness (QED) is 0.377.